The van der Waals surface area contributed by atoms with Crippen LogP contribution in [-0.2, 0) is 5.41 Å². The summed E-state index contributed by atoms with van der Waals surface area (Å²) in [4.78, 5) is 2.48. The highest BCUT2D eigenvalue weighted by Gasteiger charge is 2.33. The molecule has 56 heavy (non-hydrogen) atoms. The first-order chi connectivity index (χ1) is 27.5. The van der Waals surface area contributed by atoms with Crippen molar-refractivity contribution < 1.29 is 0 Å². The fourth-order valence-corrected chi connectivity index (χ4v) is 10.4. The smallest absolute Gasteiger partial charge is 0.0541 e. The summed E-state index contributed by atoms with van der Waals surface area (Å²) in [6.07, 6.45) is 0. The van der Waals surface area contributed by atoms with Crippen molar-refractivity contribution in [1.82, 2.24) is 9.13 Å². The summed E-state index contributed by atoms with van der Waals surface area (Å²) < 4.78 is 4.85. The van der Waals surface area contributed by atoms with E-state index in [-0.39, 0.29) is 5.41 Å². The van der Waals surface area contributed by atoms with E-state index in [0.29, 0.717) is 0 Å². The van der Waals surface area contributed by atoms with Gasteiger partial charge in [0.1, 0.15) is 0 Å². The van der Waals surface area contributed by atoms with Gasteiger partial charge in [0.25, 0.3) is 0 Å². The third-order valence-electron chi connectivity index (χ3n) is 12.1. The van der Waals surface area contributed by atoms with E-state index in [4.69, 9.17) is 0 Å². The van der Waals surface area contributed by atoms with Crippen molar-refractivity contribution in [2.24, 2.45) is 0 Å². The summed E-state index contributed by atoms with van der Waals surface area (Å²) in [5, 5.41) is 12.3. The van der Waals surface area contributed by atoms with E-state index >= 15 is 0 Å². The maximum absolute atomic E-state index is 3.70. The molecule has 0 bridgehead atoms. The lowest BCUT2D eigenvalue weighted by atomic mass is 9.74. The van der Waals surface area contributed by atoms with E-state index < -0.39 is 0 Å². The van der Waals surface area contributed by atoms with E-state index in [2.05, 4.69) is 203 Å². The quantitative estimate of drug-likeness (QED) is 0.190. The zero-order valence-electron chi connectivity index (χ0n) is 31.0. The number of anilines is 4. The molecule has 0 spiro atoms. The summed E-state index contributed by atoms with van der Waals surface area (Å²) in [6.45, 7) is 4.68. The molecule has 10 aromatic rings. The van der Waals surface area contributed by atoms with Gasteiger partial charge in [0.2, 0.25) is 0 Å². The molecule has 2 aliphatic rings. The molecule has 2 N–H and O–H groups in total. The standard InChI is InChI=1S/C51H36N4S/c1-51(2)39-13-5-6-14-41(39)52-42-23-21-33(29-40(42)51)54-45-16-8-3-11-35(45)37-27-31(19-25-47(37)54)32-20-26-48-38(28-32)36-12-4-9-17-46(36)55(48)34-22-24-44-50(30-34)56-49-18-10-7-15-43(49)53-44/h3-30,52-53H,1-2H3. The van der Waals surface area contributed by atoms with Crippen molar-refractivity contribution >= 4 is 78.1 Å². The van der Waals surface area contributed by atoms with Crippen molar-refractivity contribution in [3.8, 4) is 22.5 Å². The van der Waals surface area contributed by atoms with Gasteiger partial charge in [-0.1, -0.05) is 104 Å². The van der Waals surface area contributed by atoms with Crippen LogP contribution in [0.25, 0.3) is 66.1 Å². The number of hydrogen-bond donors (Lipinski definition) is 2. The molecule has 5 heteroatoms. The lowest BCUT2D eigenvalue weighted by molar-refractivity contribution is 0.637. The first kappa shape index (κ1) is 31.6. The second kappa shape index (κ2) is 11.7. The van der Waals surface area contributed by atoms with Crippen LogP contribution < -0.4 is 10.6 Å². The fourth-order valence-electron chi connectivity index (χ4n) is 9.35. The maximum Gasteiger partial charge on any atom is 0.0541 e. The minimum Gasteiger partial charge on any atom is -0.355 e. The summed E-state index contributed by atoms with van der Waals surface area (Å²) in [5.41, 5.74) is 16.7. The van der Waals surface area contributed by atoms with Crippen LogP contribution in [0.4, 0.5) is 22.7 Å². The van der Waals surface area contributed by atoms with Gasteiger partial charge in [0, 0.05) is 59.5 Å². The number of aromatic nitrogens is 2. The lowest BCUT2D eigenvalue weighted by Gasteiger charge is -2.36. The number of nitrogens with zero attached hydrogens (tertiary/aromatic N) is 2. The first-order valence-electron chi connectivity index (χ1n) is 19.3. The van der Waals surface area contributed by atoms with Crippen LogP contribution in [0, 0.1) is 0 Å². The molecule has 0 unspecified atom stereocenters. The number of nitrogens with one attached hydrogen (secondary N) is 2. The number of hydrogen-bond acceptors (Lipinski definition) is 3. The molecule has 2 aromatic heterocycles. The molecule has 0 atom stereocenters. The lowest BCUT2D eigenvalue weighted by Crippen LogP contribution is -2.26. The van der Waals surface area contributed by atoms with Crippen LogP contribution in [0.1, 0.15) is 25.0 Å². The fraction of sp³-hybridized carbons (Fsp3) is 0.0588. The van der Waals surface area contributed by atoms with Gasteiger partial charge in [0.05, 0.1) is 33.4 Å². The molecule has 0 amide bonds. The van der Waals surface area contributed by atoms with E-state index in [1.54, 1.807) is 0 Å². The van der Waals surface area contributed by atoms with E-state index in [1.165, 1.54) is 92.7 Å². The second-order valence-electron chi connectivity index (χ2n) is 15.6. The van der Waals surface area contributed by atoms with Gasteiger partial charge in [-0.05, 0) is 113 Å². The first-order valence-corrected chi connectivity index (χ1v) is 20.1. The zero-order chi connectivity index (χ0) is 37.1. The van der Waals surface area contributed by atoms with Crippen LogP contribution in [0.2, 0.25) is 0 Å². The number of para-hydroxylation sites is 4. The molecule has 266 valence electrons. The molecule has 0 fully saturated rings. The topological polar surface area (TPSA) is 33.9 Å². The Labute approximate surface area is 329 Å². The molecule has 2 aliphatic heterocycles. The summed E-state index contributed by atoms with van der Waals surface area (Å²) >= 11 is 1.83. The van der Waals surface area contributed by atoms with Gasteiger partial charge in [-0.2, -0.15) is 0 Å². The van der Waals surface area contributed by atoms with Crippen LogP contribution in [0.3, 0.4) is 0 Å². The molecule has 4 nitrogen and oxygen atoms in total. The van der Waals surface area contributed by atoms with Crippen LogP contribution in [-0.4, -0.2) is 9.13 Å². The number of rotatable bonds is 3. The van der Waals surface area contributed by atoms with Crippen LogP contribution >= 0.6 is 11.8 Å². The Morgan fingerprint density at radius 1 is 0.393 bits per heavy atom. The average molecular weight is 737 g/mol. The summed E-state index contributed by atoms with van der Waals surface area (Å²) in [7, 11) is 0. The molecule has 0 radical (unpaired) electrons. The highest BCUT2D eigenvalue weighted by molar-refractivity contribution is 7.99. The van der Waals surface area contributed by atoms with Crippen molar-refractivity contribution in [2.75, 3.05) is 10.6 Å². The van der Waals surface area contributed by atoms with Gasteiger partial charge in [-0.15, -0.1) is 0 Å². The van der Waals surface area contributed by atoms with Crippen molar-refractivity contribution in [1.29, 1.82) is 0 Å². The summed E-state index contributed by atoms with van der Waals surface area (Å²) in [5.74, 6) is 0. The predicted molar refractivity (Wildman–Crippen MR) is 236 cm³/mol. The van der Waals surface area contributed by atoms with Gasteiger partial charge in [0.15, 0.2) is 0 Å². The number of fused-ring (bicyclic) bond motifs is 10. The molecule has 0 aliphatic carbocycles. The Kier molecular flexibility index (Phi) is 6.59. The monoisotopic (exact) mass is 736 g/mol. The number of benzene rings is 8. The zero-order valence-corrected chi connectivity index (χ0v) is 31.8. The third-order valence-corrected chi connectivity index (χ3v) is 13.2. The highest BCUT2D eigenvalue weighted by Crippen LogP contribution is 2.48. The van der Waals surface area contributed by atoms with Gasteiger partial charge >= 0.3 is 0 Å². The largest absolute Gasteiger partial charge is 0.355 e. The second-order valence-corrected chi connectivity index (χ2v) is 16.7. The van der Waals surface area contributed by atoms with Gasteiger partial charge < -0.3 is 19.8 Å². The molecule has 4 heterocycles. The highest BCUT2D eigenvalue weighted by atomic mass is 32.2. The Morgan fingerprint density at radius 2 is 0.893 bits per heavy atom. The van der Waals surface area contributed by atoms with Gasteiger partial charge in [-0.25, -0.2) is 0 Å². The third kappa shape index (κ3) is 4.55. The molecule has 8 aromatic carbocycles. The molecule has 0 saturated carbocycles. The Bertz CT molecular complexity index is 3270. The predicted octanol–water partition coefficient (Wildman–Crippen LogP) is 14.1. The average Bonchev–Trinajstić information content (AvgIpc) is 3.75. The minimum absolute atomic E-state index is 0.136. The minimum atomic E-state index is -0.136. The van der Waals surface area contributed by atoms with Crippen LogP contribution in [0.5, 0.6) is 0 Å². The Hall–Kier alpha value is -6.69. The normalized spacial score (nSPS) is 13.9. The molecule has 12 rings (SSSR count). The Balaban J connectivity index is 0.978. The van der Waals surface area contributed by atoms with Crippen LogP contribution in [0.15, 0.2) is 180 Å². The van der Waals surface area contributed by atoms with E-state index in [9.17, 15) is 0 Å². The Morgan fingerprint density at radius 3 is 1.59 bits per heavy atom. The van der Waals surface area contributed by atoms with Crippen molar-refractivity contribution in [3.05, 3.63) is 181 Å². The molecular weight excluding hydrogens is 701 g/mol. The maximum atomic E-state index is 3.70. The SMILES string of the molecule is CC1(C)c2ccccc2Nc2ccc(-n3c4ccccc4c4cc(-c5ccc6c(c5)c5ccccc5n6-c5ccc6c(c5)Sc5ccccc5N6)ccc43)cc21. The van der Waals surface area contributed by atoms with Gasteiger partial charge in [-0.3, -0.25) is 0 Å². The van der Waals surface area contributed by atoms with E-state index in [0.717, 1.165) is 17.1 Å². The molecular formula is C51H36N4S. The summed E-state index contributed by atoms with van der Waals surface area (Å²) in [6, 6.07) is 62.5. The van der Waals surface area contributed by atoms with Crippen molar-refractivity contribution in [3.63, 3.8) is 0 Å². The molecule has 0 saturated heterocycles. The van der Waals surface area contributed by atoms with E-state index in [1.807, 2.05) is 11.8 Å². The van der Waals surface area contributed by atoms with Crippen molar-refractivity contribution in [2.45, 2.75) is 29.1 Å².